The minimum Gasteiger partial charge on any atom is -0.324 e. The fourth-order valence-electron chi connectivity index (χ4n) is 0.769. The lowest BCUT2D eigenvalue weighted by molar-refractivity contribution is 0.626. The molecule has 0 aromatic heterocycles. The molecule has 2 N–H and O–H groups in total. The van der Waals surface area contributed by atoms with Crippen LogP contribution in [-0.2, 0) is 0 Å². The lowest BCUT2D eigenvalue weighted by Crippen LogP contribution is -2.15. The fraction of sp³-hybridized carbons (Fsp3) is 0.750. The van der Waals surface area contributed by atoms with E-state index in [2.05, 4.69) is 22.5 Å². The Kier molecular flexibility index (Phi) is 7.42. The lowest BCUT2D eigenvalue weighted by Gasteiger charge is -2.03. The van der Waals surface area contributed by atoms with Crippen molar-refractivity contribution in [1.29, 1.82) is 0 Å². The largest absolute Gasteiger partial charge is 0.324 e. The molecule has 1 nitrogen and oxygen atoms in total. The van der Waals surface area contributed by atoms with Gasteiger partial charge in [-0.25, -0.2) is 0 Å². The van der Waals surface area contributed by atoms with Crippen molar-refractivity contribution in [1.82, 2.24) is 0 Å². The zero-order chi connectivity index (χ0) is 7.82. The van der Waals surface area contributed by atoms with Gasteiger partial charge < -0.3 is 5.73 Å². The maximum Gasteiger partial charge on any atom is 0.0221 e. The summed E-state index contributed by atoms with van der Waals surface area (Å²) in [6, 6.07) is 0.204. The highest BCUT2D eigenvalue weighted by molar-refractivity contribution is 9.09. The first-order chi connectivity index (χ1) is 4.81. The normalized spacial score (nSPS) is 13.0. The van der Waals surface area contributed by atoms with E-state index in [1.54, 1.807) is 0 Å². The van der Waals surface area contributed by atoms with Crippen LogP contribution < -0.4 is 5.73 Å². The third kappa shape index (κ3) is 6.30. The molecule has 0 aromatic rings. The van der Waals surface area contributed by atoms with Crippen LogP contribution in [0.2, 0.25) is 0 Å². The minimum atomic E-state index is 0.204. The summed E-state index contributed by atoms with van der Waals surface area (Å²) in [6.45, 7) is 3.63. The zero-order valence-electron chi connectivity index (χ0n) is 6.35. The molecule has 0 aromatic carbocycles. The summed E-state index contributed by atoms with van der Waals surface area (Å²) >= 11 is 3.38. The summed E-state index contributed by atoms with van der Waals surface area (Å²) in [5.74, 6) is 0. The van der Waals surface area contributed by atoms with E-state index < -0.39 is 0 Å². The zero-order valence-corrected chi connectivity index (χ0v) is 7.94. The van der Waals surface area contributed by atoms with Gasteiger partial charge in [-0.3, -0.25) is 0 Å². The Hall–Kier alpha value is 0.180. The van der Waals surface area contributed by atoms with Crippen molar-refractivity contribution in [3.05, 3.63) is 12.7 Å². The predicted octanol–water partition coefficient (Wildman–Crippen LogP) is 2.46. The van der Waals surface area contributed by atoms with Crippen molar-refractivity contribution < 1.29 is 0 Å². The van der Waals surface area contributed by atoms with E-state index in [0.29, 0.717) is 0 Å². The average Bonchev–Trinajstić information content (AvgIpc) is 1.98. The molecule has 1 unspecified atom stereocenters. The van der Waals surface area contributed by atoms with Gasteiger partial charge in [-0.2, -0.15) is 0 Å². The van der Waals surface area contributed by atoms with Crippen molar-refractivity contribution in [2.75, 3.05) is 5.33 Å². The molecule has 0 aliphatic carbocycles. The summed E-state index contributed by atoms with van der Waals surface area (Å²) < 4.78 is 0. The van der Waals surface area contributed by atoms with Gasteiger partial charge in [0.25, 0.3) is 0 Å². The Labute approximate surface area is 71.8 Å². The first-order valence-electron chi connectivity index (χ1n) is 3.75. The third-order valence-corrected chi connectivity index (χ3v) is 2.03. The van der Waals surface area contributed by atoms with Crippen LogP contribution in [0.4, 0.5) is 0 Å². The van der Waals surface area contributed by atoms with Crippen molar-refractivity contribution >= 4 is 15.9 Å². The molecule has 0 aliphatic rings. The van der Waals surface area contributed by atoms with Crippen LogP contribution in [0.25, 0.3) is 0 Å². The Morgan fingerprint density at radius 3 is 2.60 bits per heavy atom. The Morgan fingerprint density at radius 1 is 1.40 bits per heavy atom. The van der Waals surface area contributed by atoms with Gasteiger partial charge in [0.2, 0.25) is 0 Å². The molecular formula is C8H16BrN. The van der Waals surface area contributed by atoms with Gasteiger partial charge in [0.15, 0.2) is 0 Å². The van der Waals surface area contributed by atoms with E-state index in [4.69, 9.17) is 5.73 Å². The molecule has 0 rings (SSSR count). The molecular weight excluding hydrogens is 190 g/mol. The van der Waals surface area contributed by atoms with Crippen LogP contribution in [0, 0.1) is 0 Å². The monoisotopic (exact) mass is 205 g/mol. The number of hydrogen-bond donors (Lipinski definition) is 1. The smallest absolute Gasteiger partial charge is 0.0221 e. The van der Waals surface area contributed by atoms with E-state index in [9.17, 15) is 0 Å². The molecule has 0 spiro atoms. The number of nitrogens with two attached hydrogens (primary N) is 1. The summed E-state index contributed by atoms with van der Waals surface area (Å²) in [4.78, 5) is 0. The number of hydrogen-bond acceptors (Lipinski definition) is 1. The highest BCUT2D eigenvalue weighted by atomic mass is 79.9. The van der Waals surface area contributed by atoms with E-state index in [1.807, 2.05) is 6.08 Å². The quantitative estimate of drug-likeness (QED) is 0.403. The molecule has 0 heterocycles. The van der Waals surface area contributed by atoms with Crippen LogP contribution in [-0.4, -0.2) is 11.4 Å². The number of halogens is 1. The van der Waals surface area contributed by atoms with Gasteiger partial charge in [0, 0.05) is 11.4 Å². The lowest BCUT2D eigenvalue weighted by atomic mass is 10.1. The van der Waals surface area contributed by atoms with Gasteiger partial charge in [-0.1, -0.05) is 34.8 Å². The number of rotatable bonds is 6. The van der Waals surface area contributed by atoms with Gasteiger partial charge in [0.05, 0.1) is 0 Å². The maximum atomic E-state index is 5.63. The van der Waals surface area contributed by atoms with Crippen molar-refractivity contribution in [2.24, 2.45) is 5.73 Å². The van der Waals surface area contributed by atoms with Gasteiger partial charge in [-0.15, -0.1) is 6.58 Å². The Morgan fingerprint density at radius 2 is 2.10 bits per heavy atom. The van der Waals surface area contributed by atoms with E-state index in [-0.39, 0.29) is 6.04 Å². The Bertz CT molecular complexity index is 83.3. The summed E-state index contributed by atoms with van der Waals surface area (Å²) in [6.07, 6.45) is 6.64. The molecule has 0 saturated heterocycles. The van der Waals surface area contributed by atoms with Crippen molar-refractivity contribution in [2.45, 2.75) is 31.7 Å². The van der Waals surface area contributed by atoms with E-state index in [1.165, 1.54) is 19.3 Å². The molecule has 1 atom stereocenters. The molecule has 0 aliphatic heterocycles. The first kappa shape index (κ1) is 10.2. The first-order valence-corrected chi connectivity index (χ1v) is 4.87. The van der Waals surface area contributed by atoms with Gasteiger partial charge >= 0.3 is 0 Å². The number of unbranched alkanes of at least 4 members (excludes halogenated alkanes) is 2. The fourth-order valence-corrected chi connectivity index (χ4v) is 1.17. The average molecular weight is 206 g/mol. The molecule has 0 bridgehead atoms. The third-order valence-electron chi connectivity index (χ3n) is 1.47. The Balaban J connectivity index is 2.95. The van der Waals surface area contributed by atoms with Gasteiger partial charge in [-0.05, 0) is 12.8 Å². The van der Waals surface area contributed by atoms with E-state index in [0.717, 1.165) is 11.8 Å². The van der Waals surface area contributed by atoms with Crippen LogP contribution >= 0.6 is 15.9 Å². The van der Waals surface area contributed by atoms with Crippen LogP contribution in [0.5, 0.6) is 0 Å². The molecule has 0 amide bonds. The SMILES string of the molecule is C=CC(N)CCCCCBr. The van der Waals surface area contributed by atoms with Crippen molar-refractivity contribution in [3.63, 3.8) is 0 Å². The van der Waals surface area contributed by atoms with Crippen LogP contribution in [0.3, 0.4) is 0 Å². The molecule has 10 heavy (non-hydrogen) atoms. The molecule has 2 heteroatoms. The van der Waals surface area contributed by atoms with Gasteiger partial charge in [0.1, 0.15) is 0 Å². The summed E-state index contributed by atoms with van der Waals surface area (Å²) in [7, 11) is 0. The predicted molar refractivity (Wildman–Crippen MR) is 50.4 cm³/mol. The van der Waals surface area contributed by atoms with Crippen LogP contribution in [0.1, 0.15) is 25.7 Å². The summed E-state index contributed by atoms with van der Waals surface area (Å²) in [5, 5.41) is 1.11. The molecule has 0 saturated carbocycles. The highest BCUT2D eigenvalue weighted by Gasteiger charge is 1.94. The molecule has 60 valence electrons. The topological polar surface area (TPSA) is 26.0 Å². The van der Waals surface area contributed by atoms with E-state index >= 15 is 0 Å². The van der Waals surface area contributed by atoms with Crippen molar-refractivity contribution in [3.8, 4) is 0 Å². The number of alkyl halides is 1. The second-order valence-corrected chi connectivity index (χ2v) is 3.23. The molecule has 0 radical (unpaired) electrons. The van der Waals surface area contributed by atoms with Crippen LogP contribution in [0.15, 0.2) is 12.7 Å². The minimum absolute atomic E-state index is 0.204. The second kappa shape index (κ2) is 7.29. The maximum absolute atomic E-state index is 5.63. The molecule has 0 fully saturated rings. The summed E-state index contributed by atoms with van der Waals surface area (Å²) in [5.41, 5.74) is 5.63. The standard InChI is InChI=1S/C8H16BrN/c1-2-8(10)6-4-3-5-7-9/h2,8H,1,3-7,10H2. The second-order valence-electron chi connectivity index (χ2n) is 2.44. The highest BCUT2D eigenvalue weighted by Crippen LogP contribution is 2.03.